The fourth-order valence-electron chi connectivity index (χ4n) is 1.99. The minimum absolute atomic E-state index is 0.355. The molecule has 1 aliphatic carbocycles. The van der Waals surface area contributed by atoms with E-state index in [0.29, 0.717) is 11.7 Å². The van der Waals surface area contributed by atoms with E-state index in [2.05, 4.69) is 15.1 Å². The summed E-state index contributed by atoms with van der Waals surface area (Å²) in [5, 5.41) is 3.98. The highest BCUT2D eigenvalue weighted by Crippen LogP contribution is 2.37. The van der Waals surface area contributed by atoms with Gasteiger partial charge in [0.1, 0.15) is 0 Å². The van der Waals surface area contributed by atoms with Crippen LogP contribution in [-0.2, 0) is 5.54 Å². The summed E-state index contributed by atoms with van der Waals surface area (Å²) in [6, 6.07) is 0. The molecule has 1 saturated carbocycles. The largest absolute Gasteiger partial charge is 0.367 e. The third-order valence-electron chi connectivity index (χ3n) is 3.30. The summed E-state index contributed by atoms with van der Waals surface area (Å²) >= 11 is 0. The van der Waals surface area contributed by atoms with E-state index in [1.54, 1.807) is 0 Å². The highest BCUT2D eigenvalue weighted by molar-refractivity contribution is 5.56. The molecule has 0 unspecified atom stereocenters. The molecule has 0 radical (unpaired) electrons. The molecule has 1 aliphatic rings. The van der Waals surface area contributed by atoms with Crippen molar-refractivity contribution in [2.45, 2.75) is 31.7 Å². The van der Waals surface area contributed by atoms with Gasteiger partial charge in [-0.1, -0.05) is 5.16 Å². The van der Waals surface area contributed by atoms with Crippen molar-refractivity contribution in [2.75, 3.05) is 0 Å². The molecule has 3 rings (SSSR count). The van der Waals surface area contributed by atoms with Crippen molar-refractivity contribution in [1.29, 1.82) is 0 Å². The molecule has 5 heteroatoms. The lowest BCUT2D eigenvalue weighted by Gasteiger charge is -2.34. The van der Waals surface area contributed by atoms with Crippen LogP contribution >= 0.6 is 0 Å². The quantitative estimate of drug-likeness (QED) is 0.804. The van der Waals surface area contributed by atoms with Gasteiger partial charge in [0.15, 0.2) is 5.82 Å². The van der Waals surface area contributed by atoms with E-state index in [0.717, 1.165) is 30.4 Å². The summed E-state index contributed by atoms with van der Waals surface area (Å²) in [7, 11) is 0. The molecular weight excluding hydrogens is 204 g/mol. The number of rotatable bonds is 2. The normalized spacial score (nSPS) is 18.4. The Hall–Kier alpha value is -1.62. The molecule has 2 aromatic heterocycles. The minimum Gasteiger partial charge on any atom is -0.367 e. The third kappa shape index (κ3) is 1.28. The second-order valence-corrected chi connectivity index (χ2v) is 4.48. The Morgan fingerprint density at radius 1 is 1.44 bits per heavy atom. The van der Waals surface area contributed by atoms with Crippen LogP contribution in [0.5, 0.6) is 0 Å². The predicted octanol–water partition coefficient (Wildman–Crippen LogP) is 1.71. The van der Waals surface area contributed by atoms with Gasteiger partial charge in [0.25, 0.3) is 5.89 Å². The Bertz CT molecular complexity index is 510. The summed E-state index contributed by atoms with van der Waals surface area (Å²) in [5.74, 6) is 1.18. The third-order valence-corrected chi connectivity index (χ3v) is 3.30. The molecule has 2 heterocycles. The summed E-state index contributed by atoms with van der Waals surface area (Å²) in [4.78, 5) is 7.40. The van der Waals surface area contributed by atoms with E-state index in [9.17, 15) is 0 Å². The number of nitrogens with two attached hydrogens (primary N) is 1. The maximum Gasteiger partial charge on any atom is 0.259 e. The van der Waals surface area contributed by atoms with Crippen LogP contribution in [-0.4, -0.2) is 15.1 Å². The van der Waals surface area contributed by atoms with E-state index < -0.39 is 0 Å². The number of nitrogens with one attached hydrogen (secondary N) is 1. The number of aromatic amines is 1. The fraction of sp³-hybridized carbons (Fsp3) is 0.455. The standard InChI is InChI=1S/C11H14N4O/c1-7-5-13-6-8(7)9-14-10(15-16-9)11(12)3-2-4-11/h5-6,13H,2-4,12H2,1H3. The van der Waals surface area contributed by atoms with Crippen molar-refractivity contribution in [2.24, 2.45) is 5.73 Å². The molecule has 1 fully saturated rings. The van der Waals surface area contributed by atoms with Crippen molar-refractivity contribution >= 4 is 0 Å². The summed E-state index contributed by atoms with van der Waals surface area (Å²) < 4.78 is 5.25. The van der Waals surface area contributed by atoms with Gasteiger partial charge in [-0.2, -0.15) is 4.98 Å². The predicted molar refractivity (Wildman–Crippen MR) is 58.5 cm³/mol. The van der Waals surface area contributed by atoms with Gasteiger partial charge in [-0.05, 0) is 31.7 Å². The van der Waals surface area contributed by atoms with Crippen molar-refractivity contribution in [1.82, 2.24) is 15.1 Å². The molecule has 16 heavy (non-hydrogen) atoms. The number of nitrogens with zero attached hydrogens (tertiary/aromatic N) is 2. The molecular formula is C11H14N4O. The van der Waals surface area contributed by atoms with E-state index in [1.165, 1.54) is 0 Å². The Morgan fingerprint density at radius 2 is 2.25 bits per heavy atom. The monoisotopic (exact) mass is 218 g/mol. The highest BCUT2D eigenvalue weighted by Gasteiger charge is 2.39. The molecule has 0 saturated heterocycles. The lowest BCUT2D eigenvalue weighted by molar-refractivity contribution is 0.229. The van der Waals surface area contributed by atoms with Crippen LogP contribution in [0, 0.1) is 6.92 Å². The van der Waals surface area contributed by atoms with Crippen LogP contribution in [0.15, 0.2) is 16.9 Å². The van der Waals surface area contributed by atoms with Crippen LogP contribution in [0.3, 0.4) is 0 Å². The molecule has 0 amide bonds. The van der Waals surface area contributed by atoms with Gasteiger partial charge in [-0.3, -0.25) is 0 Å². The zero-order valence-corrected chi connectivity index (χ0v) is 9.16. The zero-order chi connectivity index (χ0) is 11.2. The molecule has 5 nitrogen and oxygen atoms in total. The second kappa shape index (κ2) is 3.18. The van der Waals surface area contributed by atoms with Gasteiger partial charge in [-0.15, -0.1) is 0 Å². The first-order valence-electron chi connectivity index (χ1n) is 5.46. The Morgan fingerprint density at radius 3 is 2.81 bits per heavy atom. The van der Waals surface area contributed by atoms with Gasteiger partial charge < -0.3 is 15.2 Å². The van der Waals surface area contributed by atoms with Gasteiger partial charge in [0.2, 0.25) is 0 Å². The van der Waals surface area contributed by atoms with Crippen molar-refractivity contribution in [3.63, 3.8) is 0 Å². The number of hydrogen-bond donors (Lipinski definition) is 2. The highest BCUT2D eigenvalue weighted by atomic mass is 16.5. The first kappa shape index (κ1) is 9.59. The first-order chi connectivity index (χ1) is 7.69. The maximum atomic E-state index is 6.14. The van der Waals surface area contributed by atoms with E-state index in [1.807, 2.05) is 19.3 Å². The van der Waals surface area contributed by atoms with Gasteiger partial charge in [-0.25, -0.2) is 0 Å². The Labute approximate surface area is 93.0 Å². The van der Waals surface area contributed by atoms with Crippen LogP contribution in [0.2, 0.25) is 0 Å². The molecule has 0 bridgehead atoms. The van der Waals surface area contributed by atoms with Gasteiger partial charge in [0, 0.05) is 12.4 Å². The SMILES string of the molecule is Cc1c[nH]cc1-c1nc(C2(N)CCC2)no1. The molecule has 0 atom stereocenters. The summed E-state index contributed by atoms with van der Waals surface area (Å²) in [6.07, 6.45) is 6.79. The van der Waals surface area contributed by atoms with Crippen molar-refractivity contribution < 1.29 is 4.52 Å². The Kier molecular flexibility index (Phi) is 1.91. The van der Waals surface area contributed by atoms with E-state index in [-0.39, 0.29) is 5.54 Å². The van der Waals surface area contributed by atoms with Crippen LogP contribution in [0.25, 0.3) is 11.5 Å². The average Bonchev–Trinajstić information content (AvgIpc) is 2.82. The molecule has 2 aromatic rings. The lowest BCUT2D eigenvalue weighted by atomic mass is 9.77. The Balaban J connectivity index is 1.97. The number of aryl methyl sites for hydroxylation is 1. The summed E-state index contributed by atoms with van der Waals surface area (Å²) in [6.45, 7) is 2.00. The van der Waals surface area contributed by atoms with Crippen molar-refractivity contribution in [3.8, 4) is 11.5 Å². The molecule has 3 N–H and O–H groups in total. The zero-order valence-electron chi connectivity index (χ0n) is 9.16. The van der Waals surface area contributed by atoms with E-state index >= 15 is 0 Å². The molecule has 0 aliphatic heterocycles. The van der Waals surface area contributed by atoms with Gasteiger partial charge >= 0.3 is 0 Å². The minimum atomic E-state index is -0.355. The van der Waals surface area contributed by atoms with Crippen LogP contribution < -0.4 is 5.73 Å². The van der Waals surface area contributed by atoms with Gasteiger partial charge in [0.05, 0.1) is 11.1 Å². The first-order valence-corrected chi connectivity index (χ1v) is 5.46. The topological polar surface area (TPSA) is 80.7 Å². The number of H-pyrrole nitrogens is 1. The fourth-order valence-corrected chi connectivity index (χ4v) is 1.99. The average molecular weight is 218 g/mol. The molecule has 0 spiro atoms. The molecule has 0 aromatic carbocycles. The van der Waals surface area contributed by atoms with Crippen LogP contribution in [0.1, 0.15) is 30.7 Å². The van der Waals surface area contributed by atoms with E-state index in [4.69, 9.17) is 10.3 Å². The summed E-state index contributed by atoms with van der Waals surface area (Å²) in [5.41, 5.74) is 7.82. The lowest BCUT2D eigenvalue weighted by Crippen LogP contribution is -2.44. The smallest absolute Gasteiger partial charge is 0.259 e. The molecule has 84 valence electrons. The van der Waals surface area contributed by atoms with Crippen LogP contribution in [0.4, 0.5) is 0 Å². The second-order valence-electron chi connectivity index (χ2n) is 4.48. The maximum absolute atomic E-state index is 6.14. The number of aromatic nitrogens is 3. The number of hydrogen-bond acceptors (Lipinski definition) is 4. The van der Waals surface area contributed by atoms with Crippen molar-refractivity contribution in [3.05, 3.63) is 23.8 Å².